The van der Waals surface area contributed by atoms with E-state index in [1.54, 1.807) is 87.5 Å². The average Bonchev–Trinajstić information content (AvgIpc) is 4.06. The van der Waals surface area contributed by atoms with Gasteiger partial charge in [-0.25, -0.2) is 0 Å². The third kappa shape index (κ3) is 15.1. The Morgan fingerprint density at radius 3 is 0.885 bits per heavy atom. The summed E-state index contributed by atoms with van der Waals surface area (Å²) in [6.45, 7) is 3.57. The van der Waals surface area contributed by atoms with Crippen LogP contribution in [0.2, 0.25) is 0 Å². The van der Waals surface area contributed by atoms with Crippen molar-refractivity contribution in [3.63, 3.8) is 0 Å². The largest absolute Gasteiger partial charge is 0.497 e. The Bertz CT molecular complexity index is 3040. The molecule has 6 aromatic rings. The van der Waals surface area contributed by atoms with Gasteiger partial charge in [0.05, 0.1) is 38.0 Å². The average molecular weight is 1090 g/mol. The van der Waals surface area contributed by atoms with E-state index in [2.05, 4.69) is 16.0 Å². The number of ether oxygens (including phenoxy) is 3. The smallest absolute Gasteiger partial charge is 0.418 e. The lowest BCUT2D eigenvalue weighted by atomic mass is 10.0. The molecule has 414 valence electrons. The van der Waals surface area contributed by atoms with Gasteiger partial charge in [0.25, 0.3) is 17.7 Å². The molecule has 3 saturated heterocycles. The topological polar surface area (TPSA) is 125 Å². The van der Waals surface area contributed by atoms with Crippen molar-refractivity contribution in [2.75, 3.05) is 91.2 Å². The van der Waals surface area contributed by atoms with Gasteiger partial charge in [0.15, 0.2) is 0 Å². The molecule has 3 N–H and O–H groups in total. The number of halogens is 9. The highest BCUT2D eigenvalue weighted by Crippen LogP contribution is 2.41. The normalized spacial score (nSPS) is 14.4. The van der Waals surface area contributed by atoms with Gasteiger partial charge >= 0.3 is 18.5 Å². The standard InChI is InChI=1S/C20H21F3N2O2.C19H19F3N2O2.C18H17F3N2O2/c1-27-16-7-5-6-15(13-16)24-19(26)14-8-9-18(17(12-14)20(21,22)23)25-10-3-2-4-11-25;1-26-15-6-4-5-14(12-15)23-18(25)13-7-8-17(24-9-2-3-10-24)16(11-13)19(20,21)22;1-25-14-5-2-4-13(11-14)22-17(24)12-6-7-16(23-8-3-9-23)15(10-12)18(19,20)21/h5-9,12-13H,2-4,10-11H2,1H3,(H,24,26);4-8,11-12H,2-3,9-10H2,1H3,(H,23,25);2,4-7,10-11H,3,8-9H2,1H3,(H,22,24). The number of carbonyl (C=O) groups excluding carboxylic acids is 3. The summed E-state index contributed by atoms with van der Waals surface area (Å²) in [5, 5.41) is 7.80. The molecule has 0 radical (unpaired) electrons. The fourth-order valence-electron chi connectivity index (χ4n) is 8.90. The number of methoxy groups -OCH3 is 3. The maximum Gasteiger partial charge on any atom is 0.418 e. The van der Waals surface area contributed by atoms with Gasteiger partial charge in [-0.15, -0.1) is 0 Å². The SMILES string of the molecule is COc1cccc(NC(=O)c2ccc(N3CCC3)c(C(F)(F)F)c2)c1.COc1cccc(NC(=O)c2ccc(N3CCCC3)c(C(F)(F)F)c2)c1.COc1cccc(NC(=O)c2ccc(N3CCCCC3)c(C(F)(F)F)c2)c1. The van der Waals surface area contributed by atoms with Crippen LogP contribution in [0, 0.1) is 0 Å². The lowest BCUT2D eigenvalue weighted by Crippen LogP contribution is -2.38. The zero-order chi connectivity index (χ0) is 56.2. The number of benzene rings is 6. The monoisotopic (exact) mass is 1090 g/mol. The summed E-state index contributed by atoms with van der Waals surface area (Å²) in [6, 6.07) is 31.1. The Labute approximate surface area is 445 Å². The van der Waals surface area contributed by atoms with Gasteiger partial charge in [-0.05, 0) is 130 Å². The molecule has 0 aliphatic carbocycles. The zero-order valence-corrected chi connectivity index (χ0v) is 42.8. The highest BCUT2D eigenvalue weighted by molar-refractivity contribution is 6.06. The third-order valence-corrected chi connectivity index (χ3v) is 13.0. The fraction of sp³-hybridized carbons (Fsp3) is 0.316. The molecule has 9 rings (SSSR count). The van der Waals surface area contributed by atoms with Crippen LogP contribution in [0.25, 0.3) is 0 Å². The van der Waals surface area contributed by atoms with E-state index < -0.39 is 52.9 Å². The van der Waals surface area contributed by atoms with E-state index in [9.17, 15) is 53.9 Å². The number of nitrogens with zero attached hydrogens (tertiary/aromatic N) is 3. The van der Waals surface area contributed by atoms with E-state index in [0.29, 0.717) is 73.6 Å². The number of hydrogen-bond acceptors (Lipinski definition) is 9. The van der Waals surface area contributed by atoms with Crippen LogP contribution in [-0.2, 0) is 18.5 Å². The fourth-order valence-corrected chi connectivity index (χ4v) is 8.90. The van der Waals surface area contributed by atoms with Gasteiger partial charge in [0.1, 0.15) is 17.2 Å². The Morgan fingerprint density at radius 2 is 0.641 bits per heavy atom. The molecule has 3 fully saturated rings. The Kier molecular flexibility index (Phi) is 18.7. The summed E-state index contributed by atoms with van der Waals surface area (Å²) >= 11 is 0. The molecule has 78 heavy (non-hydrogen) atoms. The van der Waals surface area contributed by atoms with Crippen molar-refractivity contribution in [2.24, 2.45) is 0 Å². The minimum absolute atomic E-state index is 0.0362. The maximum absolute atomic E-state index is 13.6. The number of nitrogens with one attached hydrogen (secondary N) is 3. The molecular formula is C57H57F9N6O6. The summed E-state index contributed by atoms with van der Waals surface area (Å²) in [7, 11) is 4.48. The second-order valence-electron chi connectivity index (χ2n) is 18.3. The van der Waals surface area contributed by atoms with Crippen molar-refractivity contribution in [3.05, 3.63) is 161 Å². The molecule has 3 aliphatic rings. The van der Waals surface area contributed by atoms with Crippen LogP contribution < -0.4 is 44.9 Å². The van der Waals surface area contributed by atoms with E-state index in [0.717, 1.165) is 56.7 Å². The molecule has 0 atom stereocenters. The van der Waals surface area contributed by atoms with Crippen LogP contribution in [0.5, 0.6) is 17.2 Å². The van der Waals surface area contributed by atoms with E-state index in [-0.39, 0.29) is 33.8 Å². The number of rotatable bonds is 12. The van der Waals surface area contributed by atoms with E-state index in [1.807, 2.05) is 0 Å². The molecule has 0 aromatic heterocycles. The summed E-state index contributed by atoms with van der Waals surface area (Å²) in [6.07, 6.45) is -8.19. The van der Waals surface area contributed by atoms with Crippen molar-refractivity contribution in [1.29, 1.82) is 0 Å². The molecule has 6 aromatic carbocycles. The summed E-state index contributed by atoms with van der Waals surface area (Å²) in [5.41, 5.74) is -0.715. The molecule has 0 unspecified atom stereocenters. The minimum atomic E-state index is -4.53. The zero-order valence-electron chi connectivity index (χ0n) is 42.8. The van der Waals surface area contributed by atoms with E-state index in [4.69, 9.17) is 14.2 Å². The molecule has 3 heterocycles. The number of carbonyl (C=O) groups is 3. The van der Waals surface area contributed by atoms with Crippen molar-refractivity contribution < 1.29 is 68.1 Å². The second kappa shape index (κ2) is 25.4. The second-order valence-corrected chi connectivity index (χ2v) is 18.3. The summed E-state index contributed by atoms with van der Waals surface area (Å²) < 4.78 is 137. The minimum Gasteiger partial charge on any atom is -0.497 e. The highest BCUT2D eigenvalue weighted by Gasteiger charge is 2.39. The first-order valence-electron chi connectivity index (χ1n) is 24.9. The van der Waals surface area contributed by atoms with E-state index >= 15 is 0 Å². The maximum atomic E-state index is 13.6. The predicted molar refractivity (Wildman–Crippen MR) is 282 cm³/mol. The van der Waals surface area contributed by atoms with Gasteiger partial charge in [-0.3, -0.25) is 14.4 Å². The Balaban J connectivity index is 0.000000170. The van der Waals surface area contributed by atoms with Crippen LogP contribution in [0.1, 0.15) is 86.3 Å². The van der Waals surface area contributed by atoms with Gasteiger partial charge in [0, 0.05) is 108 Å². The van der Waals surface area contributed by atoms with Crippen LogP contribution >= 0.6 is 0 Å². The number of piperidine rings is 1. The molecule has 0 spiro atoms. The van der Waals surface area contributed by atoms with Gasteiger partial charge < -0.3 is 44.9 Å². The first-order chi connectivity index (χ1) is 37.1. The Hall–Kier alpha value is -8.10. The van der Waals surface area contributed by atoms with E-state index in [1.165, 1.54) is 57.7 Å². The molecule has 12 nitrogen and oxygen atoms in total. The van der Waals surface area contributed by atoms with Crippen molar-refractivity contribution >= 4 is 51.8 Å². The van der Waals surface area contributed by atoms with Gasteiger partial charge in [-0.2, -0.15) is 39.5 Å². The summed E-state index contributed by atoms with van der Waals surface area (Å²) in [5.74, 6) is -0.168. The molecule has 21 heteroatoms. The molecular weight excluding hydrogens is 1040 g/mol. The van der Waals surface area contributed by atoms with Crippen molar-refractivity contribution in [3.8, 4) is 17.2 Å². The van der Waals surface area contributed by atoms with Gasteiger partial charge in [0.2, 0.25) is 0 Å². The van der Waals surface area contributed by atoms with Crippen molar-refractivity contribution in [2.45, 2.75) is 57.1 Å². The quantitative estimate of drug-likeness (QED) is 0.103. The number of anilines is 6. The van der Waals surface area contributed by atoms with Crippen LogP contribution in [0.15, 0.2) is 127 Å². The highest BCUT2D eigenvalue weighted by atomic mass is 19.4. The predicted octanol–water partition coefficient (Wildman–Crippen LogP) is 13.7. The molecule has 0 bridgehead atoms. The third-order valence-electron chi connectivity index (χ3n) is 13.0. The number of amides is 3. The lowest BCUT2D eigenvalue weighted by molar-refractivity contribution is -0.138. The molecule has 3 aliphatic heterocycles. The van der Waals surface area contributed by atoms with Crippen molar-refractivity contribution in [1.82, 2.24) is 0 Å². The summed E-state index contributed by atoms with van der Waals surface area (Å²) in [4.78, 5) is 42.3. The number of hydrogen-bond donors (Lipinski definition) is 3. The molecule has 0 saturated carbocycles. The first-order valence-corrected chi connectivity index (χ1v) is 24.9. The van der Waals surface area contributed by atoms with Crippen LogP contribution in [-0.4, -0.2) is 78.3 Å². The van der Waals surface area contributed by atoms with Crippen LogP contribution in [0.4, 0.5) is 73.6 Å². The lowest BCUT2D eigenvalue weighted by Gasteiger charge is -2.35. The van der Waals surface area contributed by atoms with Crippen LogP contribution in [0.3, 0.4) is 0 Å². The Morgan fingerprint density at radius 1 is 0.372 bits per heavy atom. The van der Waals surface area contributed by atoms with Gasteiger partial charge in [-0.1, -0.05) is 18.2 Å². The number of alkyl halides is 9. The molecule has 3 amide bonds. The first kappa shape index (κ1) is 57.6.